The highest BCUT2D eigenvalue weighted by atomic mass is 32.1. The van der Waals surface area contributed by atoms with Gasteiger partial charge < -0.3 is 4.57 Å². The molecular formula is C57H34N4S. The van der Waals surface area contributed by atoms with Crippen molar-refractivity contribution in [2.75, 3.05) is 0 Å². The van der Waals surface area contributed by atoms with Crippen LogP contribution in [0.5, 0.6) is 0 Å². The van der Waals surface area contributed by atoms with Crippen molar-refractivity contribution in [3.63, 3.8) is 0 Å². The van der Waals surface area contributed by atoms with Crippen LogP contribution in [0.25, 0.3) is 125 Å². The summed E-state index contributed by atoms with van der Waals surface area (Å²) in [5.74, 6) is 1.92. The second-order valence-electron chi connectivity index (χ2n) is 15.9. The van der Waals surface area contributed by atoms with Gasteiger partial charge in [0.2, 0.25) is 0 Å². The van der Waals surface area contributed by atoms with Gasteiger partial charge in [-0.3, -0.25) is 0 Å². The Hall–Kier alpha value is -7.99. The van der Waals surface area contributed by atoms with Gasteiger partial charge >= 0.3 is 0 Å². The third kappa shape index (κ3) is 5.35. The number of aromatic nitrogens is 4. The average Bonchev–Trinajstić information content (AvgIpc) is 3.89. The summed E-state index contributed by atoms with van der Waals surface area (Å²) in [6.45, 7) is 0. The van der Waals surface area contributed by atoms with Crippen molar-refractivity contribution in [1.82, 2.24) is 19.5 Å². The Morgan fingerprint density at radius 1 is 0.306 bits per heavy atom. The highest BCUT2D eigenvalue weighted by molar-refractivity contribution is 7.25. The number of hydrogen-bond donors (Lipinski definition) is 0. The first kappa shape index (κ1) is 34.8. The summed E-state index contributed by atoms with van der Waals surface area (Å²) in [5, 5.41) is 12.0. The zero-order valence-electron chi connectivity index (χ0n) is 33.3. The van der Waals surface area contributed by atoms with Gasteiger partial charge in [-0.05, 0) is 75.1 Å². The molecule has 3 aromatic heterocycles. The Kier molecular flexibility index (Phi) is 7.74. The van der Waals surface area contributed by atoms with Crippen LogP contribution in [0, 0.1) is 0 Å². The number of hydrogen-bond acceptors (Lipinski definition) is 4. The summed E-state index contributed by atoms with van der Waals surface area (Å²) < 4.78 is 5.10. The monoisotopic (exact) mass is 806 g/mol. The minimum atomic E-state index is 0.636. The van der Waals surface area contributed by atoms with Crippen LogP contribution in [0.1, 0.15) is 0 Å². The number of fused-ring (bicyclic) bond motifs is 12. The fourth-order valence-corrected chi connectivity index (χ4v) is 10.7. The first-order valence-electron chi connectivity index (χ1n) is 20.9. The highest BCUT2D eigenvalue weighted by Gasteiger charge is 2.22. The zero-order valence-corrected chi connectivity index (χ0v) is 34.1. The van der Waals surface area contributed by atoms with E-state index in [1.54, 1.807) is 0 Å². The van der Waals surface area contributed by atoms with E-state index in [0.717, 1.165) is 49.6 Å². The van der Waals surface area contributed by atoms with Crippen LogP contribution in [0.4, 0.5) is 0 Å². The largest absolute Gasteiger partial charge is 0.309 e. The predicted molar refractivity (Wildman–Crippen MR) is 261 cm³/mol. The maximum atomic E-state index is 5.27. The second kappa shape index (κ2) is 13.8. The molecule has 5 heteroatoms. The quantitative estimate of drug-likeness (QED) is 0.163. The topological polar surface area (TPSA) is 43.6 Å². The molecule has 0 unspecified atom stereocenters. The first-order valence-corrected chi connectivity index (χ1v) is 21.8. The van der Waals surface area contributed by atoms with Crippen molar-refractivity contribution in [3.8, 4) is 51.0 Å². The normalized spacial score (nSPS) is 11.9. The lowest BCUT2D eigenvalue weighted by Gasteiger charge is -2.18. The van der Waals surface area contributed by atoms with E-state index in [9.17, 15) is 0 Å². The summed E-state index contributed by atoms with van der Waals surface area (Å²) in [6, 6.07) is 74.0. The molecule has 4 nitrogen and oxygen atoms in total. The molecule has 0 radical (unpaired) electrons. The molecule has 3 heterocycles. The molecule has 13 rings (SSSR count). The van der Waals surface area contributed by atoms with Crippen LogP contribution >= 0.6 is 11.3 Å². The Morgan fingerprint density at radius 3 is 1.55 bits per heavy atom. The Morgan fingerprint density at radius 2 is 0.823 bits per heavy atom. The van der Waals surface area contributed by atoms with Gasteiger partial charge in [-0.25, -0.2) is 15.0 Å². The molecule has 0 fully saturated rings. The molecule has 0 aliphatic carbocycles. The molecule has 0 saturated carbocycles. The van der Waals surface area contributed by atoms with E-state index in [1.807, 2.05) is 47.7 Å². The SMILES string of the molecule is c1ccc(-c2nc(-c3ccccc3)nc(-c3cccc4c5ccccc5c5cccc(-n6c7ccccc7c7cc(-c8ccc9sc%10ccccc%10c9c8)ccc76)c5c34)n2)cc1. The fourth-order valence-electron chi connectivity index (χ4n) is 9.65. The van der Waals surface area contributed by atoms with Crippen molar-refractivity contribution in [3.05, 3.63) is 206 Å². The van der Waals surface area contributed by atoms with Crippen molar-refractivity contribution < 1.29 is 0 Å². The maximum Gasteiger partial charge on any atom is 0.164 e. The van der Waals surface area contributed by atoms with E-state index >= 15 is 0 Å². The van der Waals surface area contributed by atoms with Crippen LogP contribution in [0.15, 0.2) is 206 Å². The minimum absolute atomic E-state index is 0.636. The van der Waals surface area contributed by atoms with E-state index in [-0.39, 0.29) is 0 Å². The lowest BCUT2D eigenvalue weighted by atomic mass is 9.90. The van der Waals surface area contributed by atoms with Gasteiger partial charge in [0.05, 0.1) is 16.7 Å². The summed E-state index contributed by atoms with van der Waals surface area (Å²) in [4.78, 5) is 15.6. The van der Waals surface area contributed by atoms with Gasteiger partial charge in [0.15, 0.2) is 17.5 Å². The smallest absolute Gasteiger partial charge is 0.164 e. The molecule has 10 aromatic carbocycles. The lowest BCUT2D eigenvalue weighted by molar-refractivity contribution is 1.08. The Bertz CT molecular complexity index is 3870. The molecule has 0 aliphatic heterocycles. The number of rotatable bonds is 5. The second-order valence-corrected chi connectivity index (χ2v) is 17.0. The molecule has 13 aromatic rings. The molecule has 0 saturated heterocycles. The van der Waals surface area contributed by atoms with Gasteiger partial charge in [0.1, 0.15) is 0 Å². The fraction of sp³-hybridized carbons (Fsp3) is 0. The number of nitrogens with zero attached hydrogens (tertiary/aromatic N) is 4. The number of thiophene rings is 1. The number of para-hydroxylation sites is 1. The van der Waals surface area contributed by atoms with E-state index in [2.05, 4.69) is 174 Å². The van der Waals surface area contributed by atoms with E-state index in [1.165, 1.54) is 58.2 Å². The Labute approximate surface area is 360 Å². The first-order chi connectivity index (χ1) is 30.7. The lowest BCUT2D eigenvalue weighted by Crippen LogP contribution is -2.01. The molecule has 0 N–H and O–H groups in total. The van der Waals surface area contributed by atoms with Gasteiger partial charge in [-0.1, -0.05) is 164 Å². The number of benzene rings is 10. The molecule has 0 bridgehead atoms. The van der Waals surface area contributed by atoms with Gasteiger partial charge in [0.25, 0.3) is 0 Å². The van der Waals surface area contributed by atoms with Crippen LogP contribution < -0.4 is 0 Å². The molecule has 0 atom stereocenters. The predicted octanol–water partition coefficient (Wildman–Crippen LogP) is 15.5. The van der Waals surface area contributed by atoms with E-state index < -0.39 is 0 Å². The van der Waals surface area contributed by atoms with Crippen molar-refractivity contribution in [2.24, 2.45) is 0 Å². The molecule has 0 amide bonds. The average molecular weight is 807 g/mol. The molecule has 0 aliphatic rings. The molecule has 62 heavy (non-hydrogen) atoms. The summed E-state index contributed by atoms with van der Waals surface area (Å²) in [5.41, 5.74) is 8.68. The van der Waals surface area contributed by atoms with Gasteiger partial charge in [-0.15, -0.1) is 11.3 Å². The third-order valence-corrected chi connectivity index (χ3v) is 13.6. The standard InChI is InChI=1S/C57H34N4S/c1-3-15-35(16-4-1)55-58-56(36-17-5-2-6-18-36)60-57(59-55)45-25-13-23-43-39-19-7-8-20-40(39)44-24-14-27-50(54(44)53(43)45)61-48-26-11-9-21-41(48)46-33-37(29-31-49(46)61)38-30-32-52-47(34-38)42-22-10-12-28-51(42)62-52/h1-34H. The molecular weight excluding hydrogens is 773 g/mol. The van der Waals surface area contributed by atoms with Crippen molar-refractivity contribution >= 4 is 85.6 Å². The summed E-state index contributed by atoms with van der Waals surface area (Å²) >= 11 is 1.86. The minimum Gasteiger partial charge on any atom is -0.309 e. The van der Waals surface area contributed by atoms with Crippen molar-refractivity contribution in [1.29, 1.82) is 0 Å². The molecule has 0 spiro atoms. The van der Waals surface area contributed by atoms with Crippen LogP contribution in [-0.2, 0) is 0 Å². The summed E-state index contributed by atoms with van der Waals surface area (Å²) in [7, 11) is 0. The highest BCUT2D eigenvalue weighted by Crippen LogP contribution is 2.45. The van der Waals surface area contributed by atoms with Crippen molar-refractivity contribution in [2.45, 2.75) is 0 Å². The van der Waals surface area contributed by atoms with E-state index in [4.69, 9.17) is 15.0 Å². The maximum absolute atomic E-state index is 5.27. The van der Waals surface area contributed by atoms with Crippen LogP contribution in [-0.4, -0.2) is 19.5 Å². The zero-order chi connectivity index (χ0) is 40.7. The van der Waals surface area contributed by atoms with E-state index in [0.29, 0.717) is 17.5 Å². The van der Waals surface area contributed by atoms with Gasteiger partial charge in [-0.2, -0.15) is 0 Å². The molecule has 288 valence electrons. The summed E-state index contributed by atoms with van der Waals surface area (Å²) in [6.07, 6.45) is 0. The van der Waals surface area contributed by atoms with Crippen LogP contribution in [0.2, 0.25) is 0 Å². The van der Waals surface area contributed by atoms with Crippen LogP contribution in [0.3, 0.4) is 0 Å². The Balaban J connectivity index is 1.10. The van der Waals surface area contributed by atoms with Gasteiger partial charge in [0, 0.05) is 58.4 Å². The third-order valence-electron chi connectivity index (χ3n) is 12.4.